The summed E-state index contributed by atoms with van der Waals surface area (Å²) >= 11 is 1.57. The van der Waals surface area contributed by atoms with E-state index in [2.05, 4.69) is 10.3 Å². The lowest BCUT2D eigenvalue weighted by molar-refractivity contribution is -0.115. The number of nitrogens with one attached hydrogen (secondary N) is 1. The second-order valence-corrected chi connectivity index (χ2v) is 5.41. The Kier molecular flexibility index (Phi) is 3.77. The van der Waals surface area contributed by atoms with Gasteiger partial charge in [0.05, 0.1) is 17.1 Å². The van der Waals surface area contributed by atoms with Gasteiger partial charge in [0.2, 0.25) is 5.91 Å². The van der Waals surface area contributed by atoms with Crippen molar-refractivity contribution in [3.8, 4) is 0 Å². The van der Waals surface area contributed by atoms with Gasteiger partial charge in [0.1, 0.15) is 0 Å². The summed E-state index contributed by atoms with van der Waals surface area (Å²) < 4.78 is 0. The highest BCUT2D eigenvalue weighted by molar-refractivity contribution is 7.09. The van der Waals surface area contributed by atoms with Gasteiger partial charge in [0.15, 0.2) is 0 Å². The molecule has 1 aromatic heterocycles. The van der Waals surface area contributed by atoms with Crippen LogP contribution in [-0.4, -0.2) is 10.9 Å². The fraction of sp³-hybridized carbons (Fsp3) is 0.286. The van der Waals surface area contributed by atoms with Gasteiger partial charge in [-0.15, -0.1) is 11.3 Å². The number of para-hydroxylation sites is 1. The molecular formula is C14H16N2OS. The van der Waals surface area contributed by atoms with E-state index in [1.807, 2.05) is 44.4 Å². The molecule has 94 valence electrons. The first kappa shape index (κ1) is 12.8. The van der Waals surface area contributed by atoms with Gasteiger partial charge in [-0.1, -0.05) is 18.2 Å². The highest BCUT2D eigenvalue weighted by Gasteiger charge is 2.09. The molecule has 4 heteroatoms. The molecule has 18 heavy (non-hydrogen) atoms. The number of aryl methyl sites for hydroxylation is 3. The van der Waals surface area contributed by atoms with Crippen LogP contribution in [0.2, 0.25) is 0 Å². The largest absolute Gasteiger partial charge is 0.325 e. The Bertz CT molecular complexity index is 555. The van der Waals surface area contributed by atoms with Crippen molar-refractivity contribution in [1.82, 2.24) is 4.98 Å². The molecule has 1 aromatic carbocycles. The molecule has 1 N–H and O–H groups in total. The fourth-order valence-corrected chi connectivity index (χ4v) is 2.46. The van der Waals surface area contributed by atoms with Crippen LogP contribution < -0.4 is 5.32 Å². The zero-order valence-electron chi connectivity index (χ0n) is 10.8. The van der Waals surface area contributed by atoms with Crippen LogP contribution in [0.5, 0.6) is 0 Å². The Hall–Kier alpha value is -1.68. The third kappa shape index (κ3) is 2.96. The van der Waals surface area contributed by atoms with Crippen molar-refractivity contribution in [2.24, 2.45) is 0 Å². The number of hydrogen-bond donors (Lipinski definition) is 1. The summed E-state index contributed by atoms with van der Waals surface area (Å²) in [7, 11) is 0. The molecule has 3 nitrogen and oxygen atoms in total. The van der Waals surface area contributed by atoms with E-state index in [0.29, 0.717) is 6.42 Å². The lowest BCUT2D eigenvalue weighted by Crippen LogP contribution is -2.16. The van der Waals surface area contributed by atoms with E-state index < -0.39 is 0 Å². The monoisotopic (exact) mass is 260 g/mol. The number of carbonyl (C=O) groups is 1. The first-order valence-electron chi connectivity index (χ1n) is 5.83. The maximum Gasteiger partial charge on any atom is 0.230 e. The van der Waals surface area contributed by atoms with E-state index in [1.54, 1.807) is 11.3 Å². The zero-order valence-corrected chi connectivity index (χ0v) is 11.6. The van der Waals surface area contributed by atoms with Crippen LogP contribution in [0.1, 0.15) is 21.8 Å². The SMILES string of the molecule is Cc1nc(CC(=O)Nc2c(C)cccc2C)cs1. The minimum absolute atomic E-state index is 0.0160. The number of anilines is 1. The van der Waals surface area contributed by atoms with E-state index >= 15 is 0 Å². The second-order valence-electron chi connectivity index (χ2n) is 4.35. The van der Waals surface area contributed by atoms with E-state index in [0.717, 1.165) is 27.5 Å². The van der Waals surface area contributed by atoms with Gasteiger partial charge in [-0.3, -0.25) is 4.79 Å². The number of aromatic nitrogens is 1. The van der Waals surface area contributed by atoms with Crippen molar-refractivity contribution in [2.45, 2.75) is 27.2 Å². The summed E-state index contributed by atoms with van der Waals surface area (Å²) in [4.78, 5) is 16.2. The number of rotatable bonds is 3. The van der Waals surface area contributed by atoms with E-state index in [1.165, 1.54) is 0 Å². The van der Waals surface area contributed by atoms with Crippen LogP contribution in [0, 0.1) is 20.8 Å². The van der Waals surface area contributed by atoms with E-state index in [-0.39, 0.29) is 5.91 Å². The molecule has 0 spiro atoms. The molecule has 0 aliphatic carbocycles. The normalized spacial score (nSPS) is 10.4. The molecule has 0 atom stereocenters. The Labute approximate surface area is 111 Å². The highest BCUT2D eigenvalue weighted by Crippen LogP contribution is 2.19. The van der Waals surface area contributed by atoms with E-state index in [9.17, 15) is 4.79 Å². The van der Waals surface area contributed by atoms with Gasteiger partial charge in [0.25, 0.3) is 0 Å². The van der Waals surface area contributed by atoms with Crippen LogP contribution in [0.25, 0.3) is 0 Å². The zero-order chi connectivity index (χ0) is 13.1. The van der Waals surface area contributed by atoms with Crippen molar-refractivity contribution in [3.05, 3.63) is 45.4 Å². The Balaban J connectivity index is 2.08. The lowest BCUT2D eigenvalue weighted by Gasteiger charge is -2.10. The summed E-state index contributed by atoms with van der Waals surface area (Å²) in [5, 5.41) is 5.88. The Morgan fingerprint density at radius 3 is 2.50 bits per heavy atom. The van der Waals surface area contributed by atoms with Crippen molar-refractivity contribution < 1.29 is 4.79 Å². The first-order chi connectivity index (χ1) is 8.56. The summed E-state index contributed by atoms with van der Waals surface area (Å²) in [6.07, 6.45) is 0.331. The molecule has 0 radical (unpaired) electrons. The maximum atomic E-state index is 11.9. The molecule has 1 amide bonds. The summed E-state index contributed by atoms with van der Waals surface area (Å²) in [5.74, 6) is -0.0160. The second kappa shape index (κ2) is 5.31. The van der Waals surface area contributed by atoms with Crippen LogP contribution >= 0.6 is 11.3 Å². The molecule has 0 saturated heterocycles. The number of hydrogen-bond acceptors (Lipinski definition) is 3. The maximum absolute atomic E-state index is 11.9. The Morgan fingerprint density at radius 1 is 1.28 bits per heavy atom. The minimum atomic E-state index is -0.0160. The standard InChI is InChI=1S/C14H16N2OS/c1-9-5-4-6-10(2)14(9)16-13(17)7-12-8-18-11(3)15-12/h4-6,8H,7H2,1-3H3,(H,16,17). The molecular weight excluding hydrogens is 244 g/mol. The molecule has 0 saturated carbocycles. The highest BCUT2D eigenvalue weighted by atomic mass is 32.1. The minimum Gasteiger partial charge on any atom is -0.325 e. The predicted molar refractivity (Wildman–Crippen MR) is 75.1 cm³/mol. The van der Waals surface area contributed by atoms with Gasteiger partial charge in [-0.25, -0.2) is 4.98 Å². The molecule has 0 aliphatic rings. The van der Waals surface area contributed by atoms with Crippen molar-refractivity contribution in [2.75, 3.05) is 5.32 Å². The summed E-state index contributed by atoms with van der Waals surface area (Å²) in [6, 6.07) is 5.98. The predicted octanol–water partition coefficient (Wildman–Crippen LogP) is 3.25. The van der Waals surface area contributed by atoms with Crippen molar-refractivity contribution in [1.29, 1.82) is 0 Å². The van der Waals surface area contributed by atoms with Gasteiger partial charge >= 0.3 is 0 Å². The molecule has 1 heterocycles. The first-order valence-corrected chi connectivity index (χ1v) is 6.71. The van der Waals surface area contributed by atoms with Gasteiger partial charge in [-0.05, 0) is 31.9 Å². The molecule has 0 bridgehead atoms. The van der Waals surface area contributed by atoms with Gasteiger partial charge in [0, 0.05) is 11.1 Å². The van der Waals surface area contributed by atoms with Crippen LogP contribution in [0.15, 0.2) is 23.6 Å². The number of thiazole rings is 1. The smallest absolute Gasteiger partial charge is 0.230 e. The van der Waals surface area contributed by atoms with Crippen LogP contribution in [-0.2, 0) is 11.2 Å². The van der Waals surface area contributed by atoms with Gasteiger partial charge < -0.3 is 5.32 Å². The fourth-order valence-electron chi connectivity index (χ4n) is 1.85. The number of carbonyl (C=O) groups excluding carboxylic acids is 1. The molecule has 0 fully saturated rings. The number of amides is 1. The quantitative estimate of drug-likeness (QED) is 0.920. The molecule has 2 rings (SSSR count). The molecule has 2 aromatic rings. The topological polar surface area (TPSA) is 42.0 Å². The summed E-state index contributed by atoms with van der Waals surface area (Å²) in [5.41, 5.74) is 3.91. The lowest BCUT2D eigenvalue weighted by atomic mass is 10.1. The number of benzene rings is 1. The average Bonchev–Trinajstić information content (AvgIpc) is 2.69. The third-order valence-electron chi connectivity index (χ3n) is 2.75. The molecule has 0 aliphatic heterocycles. The molecule has 0 unspecified atom stereocenters. The average molecular weight is 260 g/mol. The third-order valence-corrected chi connectivity index (χ3v) is 3.58. The van der Waals surface area contributed by atoms with Gasteiger partial charge in [-0.2, -0.15) is 0 Å². The summed E-state index contributed by atoms with van der Waals surface area (Å²) in [6.45, 7) is 5.93. The Morgan fingerprint density at radius 2 is 1.94 bits per heavy atom. The van der Waals surface area contributed by atoms with Crippen molar-refractivity contribution in [3.63, 3.8) is 0 Å². The van der Waals surface area contributed by atoms with Crippen LogP contribution in [0.3, 0.4) is 0 Å². The van der Waals surface area contributed by atoms with Crippen molar-refractivity contribution >= 4 is 22.9 Å². The van der Waals surface area contributed by atoms with E-state index in [4.69, 9.17) is 0 Å². The number of nitrogens with zero attached hydrogens (tertiary/aromatic N) is 1. The van der Waals surface area contributed by atoms with Crippen LogP contribution in [0.4, 0.5) is 5.69 Å².